The third-order valence-electron chi connectivity index (χ3n) is 7.68. The minimum atomic E-state index is -0.132. The van der Waals surface area contributed by atoms with E-state index in [4.69, 9.17) is 0 Å². The first-order valence-corrected chi connectivity index (χ1v) is 14.9. The van der Waals surface area contributed by atoms with E-state index in [0.29, 0.717) is 12.5 Å². The van der Waals surface area contributed by atoms with E-state index in [2.05, 4.69) is 48.1 Å². The zero-order valence-corrected chi connectivity index (χ0v) is 23.9. The third-order valence-corrected chi connectivity index (χ3v) is 7.68. The van der Waals surface area contributed by atoms with Gasteiger partial charge in [0.25, 0.3) is 0 Å². The maximum atomic E-state index is 12.7. The van der Waals surface area contributed by atoms with Crippen molar-refractivity contribution in [2.24, 2.45) is 0 Å². The number of rotatable bonds is 12. The maximum Gasteiger partial charge on any atom is 0.221 e. The van der Waals surface area contributed by atoms with E-state index >= 15 is 0 Å². The molecule has 2 atom stereocenters. The number of carbonyl (C=O) groups is 1. The first kappa shape index (κ1) is 32.3. The van der Waals surface area contributed by atoms with Crippen molar-refractivity contribution in [1.29, 1.82) is 0 Å². The van der Waals surface area contributed by atoms with Gasteiger partial charge in [-0.3, -0.25) is 4.79 Å². The number of unbranched alkanes of at least 4 members (excludes halogenated alkanes) is 6. The molecule has 1 heterocycles. The summed E-state index contributed by atoms with van der Waals surface area (Å²) in [5, 5.41) is 13.4. The fraction of sp³-hybridized carbons (Fsp3) is 0.966. The molecule has 0 aromatic rings. The molecule has 6 heteroatoms. The molecule has 1 aliphatic heterocycles. The summed E-state index contributed by atoms with van der Waals surface area (Å²) in [6.45, 7) is 8.54. The minimum absolute atomic E-state index is 0.132. The molecule has 0 spiro atoms. The van der Waals surface area contributed by atoms with Crippen molar-refractivity contribution in [1.82, 2.24) is 20.0 Å². The largest absolute Gasteiger partial charge is 0.393 e. The zero-order valence-electron chi connectivity index (χ0n) is 23.9. The normalized spacial score (nSPS) is 22.5. The van der Waals surface area contributed by atoms with Crippen LogP contribution in [-0.4, -0.2) is 98.3 Å². The number of carbonyl (C=O) groups excluding carboxylic acids is 1. The molecule has 1 aliphatic rings. The van der Waals surface area contributed by atoms with Gasteiger partial charge in [-0.1, -0.05) is 58.3 Å². The number of nitrogens with one attached hydrogen (secondary N) is 1. The number of aliphatic hydroxyl groups excluding tert-OH is 1. The van der Waals surface area contributed by atoms with Crippen LogP contribution in [0.4, 0.5) is 0 Å². The first-order valence-electron chi connectivity index (χ1n) is 14.9. The Morgan fingerprint density at radius 1 is 0.800 bits per heavy atom. The molecule has 0 radical (unpaired) electrons. The van der Waals surface area contributed by atoms with Crippen LogP contribution < -0.4 is 5.32 Å². The highest BCUT2D eigenvalue weighted by atomic mass is 16.3. The van der Waals surface area contributed by atoms with Crippen molar-refractivity contribution >= 4 is 5.91 Å². The molecule has 1 amide bonds. The minimum Gasteiger partial charge on any atom is -0.393 e. The van der Waals surface area contributed by atoms with E-state index in [0.717, 1.165) is 90.5 Å². The second-order valence-corrected chi connectivity index (χ2v) is 11.2. The maximum absolute atomic E-state index is 12.7. The van der Waals surface area contributed by atoms with Crippen molar-refractivity contribution in [3.8, 4) is 0 Å². The van der Waals surface area contributed by atoms with Gasteiger partial charge in [-0.2, -0.15) is 0 Å². The SMILES string of the molecule is CCCCCCC[C@H](O)CCCCC[C@@H]1CC(=O)NCCCN(C)CCCCN(C)CCCN1C. The summed E-state index contributed by atoms with van der Waals surface area (Å²) < 4.78 is 0. The van der Waals surface area contributed by atoms with Crippen LogP contribution in [0.25, 0.3) is 0 Å². The fourth-order valence-corrected chi connectivity index (χ4v) is 5.17. The van der Waals surface area contributed by atoms with Gasteiger partial charge in [0.15, 0.2) is 0 Å². The predicted molar refractivity (Wildman–Crippen MR) is 150 cm³/mol. The molecule has 0 unspecified atom stereocenters. The monoisotopic (exact) mass is 496 g/mol. The lowest BCUT2D eigenvalue weighted by Gasteiger charge is -2.29. The van der Waals surface area contributed by atoms with Crippen LogP contribution in [0.5, 0.6) is 0 Å². The van der Waals surface area contributed by atoms with Crippen molar-refractivity contribution in [3.05, 3.63) is 0 Å². The molecule has 0 saturated carbocycles. The quantitative estimate of drug-likeness (QED) is 0.376. The second kappa shape index (κ2) is 21.4. The smallest absolute Gasteiger partial charge is 0.221 e. The lowest BCUT2D eigenvalue weighted by atomic mass is 10.00. The van der Waals surface area contributed by atoms with Crippen molar-refractivity contribution < 1.29 is 9.90 Å². The van der Waals surface area contributed by atoms with E-state index in [9.17, 15) is 9.90 Å². The molecular weight excluding hydrogens is 436 g/mol. The molecule has 208 valence electrons. The Bertz CT molecular complexity index is 505. The highest BCUT2D eigenvalue weighted by Crippen LogP contribution is 2.16. The van der Waals surface area contributed by atoms with E-state index in [1.165, 1.54) is 45.1 Å². The van der Waals surface area contributed by atoms with Gasteiger partial charge in [-0.15, -0.1) is 0 Å². The van der Waals surface area contributed by atoms with Gasteiger partial charge >= 0.3 is 0 Å². The summed E-state index contributed by atoms with van der Waals surface area (Å²) in [6.07, 6.45) is 17.8. The van der Waals surface area contributed by atoms with Crippen LogP contribution in [0.1, 0.15) is 110 Å². The second-order valence-electron chi connectivity index (χ2n) is 11.2. The highest BCUT2D eigenvalue weighted by Gasteiger charge is 2.19. The number of hydrogen-bond acceptors (Lipinski definition) is 5. The topological polar surface area (TPSA) is 59.1 Å². The van der Waals surface area contributed by atoms with Crippen molar-refractivity contribution in [3.63, 3.8) is 0 Å². The fourth-order valence-electron chi connectivity index (χ4n) is 5.17. The summed E-state index contributed by atoms with van der Waals surface area (Å²) in [5.41, 5.74) is 0. The molecule has 0 aliphatic carbocycles. The summed E-state index contributed by atoms with van der Waals surface area (Å²) in [6, 6.07) is 0.308. The molecule has 0 aromatic carbocycles. The third kappa shape index (κ3) is 18.2. The van der Waals surface area contributed by atoms with Crippen LogP contribution in [-0.2, 0) is 4.79 Å². The van der Waals surface area contributed by atoms with Crippen molar-refractivity contribution in [2.75, 3.05) is 60.4 Å². The van der Waals surface area contributed by atoms with Crippen molar-refractivity contribution in [2.45, 2.75) is 122 Å². The van der Waals surface area contributed by atoms with Gasteiger partial charge in [-0.25, -0.2) is 0 Å². The summed E-state index contributed by atoms with van der Waals surface area (Å²) in [4.78, 5) is 19.9. The molecule has 0 aromatic heterocycles. The molecule has 1 saturated heterocycles. The lowest BCUT2D eigenvalue weighted by Crippen LogP contribution is -2.39. The van der Waals surface area contributed by atoms with Crippen LogP contribution >= 0.6 is 0 Å². The molecule has 2 N–H and O–H groups in total. The Kier molecular flexibility index (Phi) is 19.8. The van der Waals surface area contributed by atoms with E-state index < -0.39 is 0 Å². The molecule has 6 nitrogen and oxygen atoms in total. The first-order chi connectivity index (χ1) is 16.9. The number of hydrogen-bond donors (Lipinski definition) is 2. The van der Waals surface area contributed by atoms with E-state index in [1.807, 2.05) is 0 Å². The molecule has 35 heavy (non-hydrogen) atoms. The molecule has 0 bridgehead atoms. The molecule has 1 fully saturated rings. The van der Waals surface area contributed by atoms with Crippen LogP contribution in [0, 0.1) is 0 Å². The summed E-state index contributed by atoms with van der Waals surface area (Å²) in [7, 11) is 6.63. The molecular formula is C29H60N4O2. The highest BCUT2D eigenvalue weighted by molar-refractivity contribution is 5.76. The Morgan fingerprint density at radius 3 is 2.03 bits per heavy atom. The summed E-state index contributed by atoms with van der Waals surface area (Å²) in [5.74, 6) is 0.199. The van der Waals surface area contributed by atoms with Gasteiger partial charge in [0, 0.05) is 19.0 Å². The van der Waals surface area contributed by atoms with Gasteiger partial charge in [0.05, 0.1) is 6.10 Å². The summed E-state index contributed by atoms with van der Waals surface area (Å²) >= 11 is 0. The van der Waals surface area contributed by atoms with Crippen LogP contribution in [0.15, 0.2) is 0 Å². The van der Waals surface area contributed by atoms with Gasteiger partial charge < -0.3 is 25.1 Å². The van der Waals surface area contributed by atoms with Crippen LogP contribution in [0.3, 0.4) is 0 Å². The number of aliphatic hydroxyl groups is 1. The average Bonchev–Trinajstić information content (AvgIpc) is 2.83. The van der Waals surface area contributed by atoms with Gasteiger partial charge in [-0.05, 0) is 98.8 Å². The Balaban J connectivity index is 2.41. The standard InChI is InChI=1S/C29H60N4O2/c1-5-6-7-8-11-18-28(34)19-12-9-10-17-27-26-29(35)30-20-15-23-31(2)21-13-14-22-32(3)24-16-25-33(27)4/h27-28,34H,5-26H2,1-4H3,(H,30,35)/t27-,28+/m1/s1. The van der Waals surface area contributed by atoms with Crippen LogP contribution in [0.2, 0.25) is 0 Å². The Labute approximate surface area is 218 Å². The van der Waals surface area contributed by atoms with Gasteiger partial charge in [0.2, 0.25) is 5.91 Å². The molecule has 1 rings (SSSR count). The lowest BCUT2D eigenvalue weighted by molar-refractivity contribution is -0.122. The number of amides is 1. The number of nitrogens with zero attached hydrogens (tertiary/aromatic N) is 3. The predicted octanol–water partition coefficient (Wildman–Crippen LogP) is 4.90. The average molecular weight is 497 g/mol. The van der Waals surface area contributed by atoms with E-state index in [-0.39, 0.29) is 12.0 Å². The Hall–Kier alpha value is -0.690. The zero-order chi connectivity index (χ0) is 25.7. The Morgan fingerprint density at radius 2 is 1.37 bits per heavy atom. The van der Waals surface area contributed by atoms with E-state index in [1.54, 1.807) is 0 Å². The van der Waals surface area contributed by atoms with Gasteiger partial charge in [0.1, 0.15) is 0 Å².